The highest BCUT2D eigenvalue weighted by atomic mass is 32.2. The zero-order valence-electron chi connectivity index (χ0n) is 10.1. The van der Waals surface area contributed by atoms with E-state index in [1.807, 2.05) is 25.3 Å². The molecule has 0 spiro atoms. The number of amides is 1. The van der Waals surface area contributed by atoms with Crippen molar-refractivity contribution in [2.24, 2.45) is 0 Å². The number of carbonyl (C=O) groups excluding carboxylic acids is 1. The van der Waals surface area contributed by atoms with Crippen LogP contribution in [0.4, 0.5) is 0 Å². The Hall–Kier alpha value is -1.49. The van der Waals surface area contributed by atoms with Gasteiger partial charge in [0.2, 0.25) is 5.91 Å². The molecule has 1 aromatic heterocycles. The molecule has 1 unspecified atom stereocenters. The second kappa shape index (κ2) is 4.79. The Labute approximate surface area is 105 Å². The summed E-state index contributed by atoms with van der Waals surface area (Å²) in [6.45, 7) is 3.55. The van der Waals surface area contributed by atoms with Gasteiger partial charge in [-0.15, -0.1) is 0 Å². The Morgan fingerprint density at radius 1 is 1.59 bits per heavy atom. The summed E-state index contributed by atoms with van der Waals surface area (Å²) in [6, 6.07) is 3.95. The first kappa shape index (κ1) is 12.0. The Bertz CT molecular complexity index is 458. The molecule has 0 aromatic carbocycles. The van der Waals surface area contributed by atoms with Gasteiger partial charge >= 0.3 is 0 Å². The summed E-state index contributed by atoms with van der Waals surface area (Å²) >= 11 is 1.64. The van der Waals surface area contributed by atoms with Gasteiger partial charge in [-0.05, 0) is 13.0 Å². The van der Waals surface area contributed by atoms with E-state index in [1.54, 1.807) is 36.8 Å². The predicted octanol–water partition coefficient (Wildman–Crippen LogP) is 2.08. The number of nitrogens with one attached hydrogen (secondary N) is 1. The normalized spacial score (nSPS) is 19.1. The van der Waals surface area contributed by atoms with Crippen molar-refractivity contribution >= 4 is 17.7 Å². The highest BCUT2D eigenvalue weighted by Gasteiger charge is 2.26. The molecule has 17 heavy (non-hydrogen) atoms. The predicted molar refractivity (Wildman–Crippen MR) is 68.8 cm³/mol. The third-order valence-electron chi connectivity index (χ3n) is 2.66. The van der Waals surface area contributed by atoms with E-state index in [4.69, 9.17) is 0 Å². The highest BCUT2D eigenvalue weighted by Crippen LogP contribution is 2.40. The average Bonchev–Trinajstić information content (AvgIpc) is 2.71. The van der Waals surface area contributed by atoms with Crippen LogP contribution in [0.1, 0.15) is 24.8 Å². The van der Waals surface area contributed by atoms with Crippen LogP contribution < -0.4 is 5.32 Å². The first-order chi connectivity index (χ1) is 8.09. The molecule has 90 valence electrons. The zero-order valence-corrected chi connectivity index (χ0v) is 10.9. The van der Waals surface area contributed by atoms with E-state index in [2.05, 4.69) is 10.3 Å². The Morgan fingerprint density at radius 2 is 2.35 bits per heavy atom. The minimum atomic E-state index is 0.0421. The van der Waals surface area contributed by atoms with Crippen molar-refractivity contribution in [3.8, 4) is 0 Å². The molecule has 0 aliphatic carbocycles. The van der Waals surface area contributed by atoms with E-state index in [9.17, 15) is 4.79 Å². The molecule has 2 rings (SSSR count). The van der Waals surface area contributed by atoms with Crippen molar-refractivity contribution in [3.63, 3.8) is 0 Å². The minimum absolute atomic E-state index is 0.0421. The molecular formula is C12H15N3OS. The molecule has 0 saturated heterocycles. The standard InChI is InChI=1S/C12H15N3OS/c1-8-12(15(3)9(2)16)17-11(14-8)10-5-4-6-13-7-10/h4-7,11,14H,1-3H3. The molecular weight excluding hydrogens is 234 g/mol. The van der Waals surface area contributed by atoms with Crippen molar-refractivity contribution in [2.75, 3.05) is 7.05 Å². The van der Waals surface area contributed by atoms with E-state index in [-0.39, 0.29) is 11.3 Å². The lowest BCUT2D eigenvalue weighted by Crippen LogP contribution is -2.21. The van der Waals surface area contributed by atoms with Gasteiger partial charge in [0.1, 0.15) is 5.37 Å². The fourth-order valence-electron chi connectivity index (χ4n) is 1.64. The van der Waals surface area contributed by atoms with Gasteiger partial charge < -0.3 is 10.2 Å². The molecule has 1 N–H and O–H groups in total. The molecule has 5 heteroatoms. The van der Waals surface area contributed by atoms with Gasteiger partial charge in [-0.2, -0.15) is 0 Å². The summed E-state index contributed by atoms with van der Waals surface area (Å²) in [4.78, 5) is 17.1. The lowest BCUT2D eigenvalue weighted by molar-refractivity contribution is -0.125. The Balaban J connectivity index is 2.15. The minimum Gasteiger partial charge on any atom is -0.371 e. The quantitative estimate of drug-likeness (QED) is 0.871. The van der Waals surface area contributed by atoms with E-state index in [0.29, 0.717) is 0 Å². The molecule has 1 aliphatic heterocycles. The van der Waals surface area contributed by atoms with Crippen LogP contribution in [0.2, 0.25) is 0 Å². The monoisotopic (exact) mass is 249 g/mol. The van der Waals surface area contributed by atoms with Crippen molar-refractivity contribution < 1.29 is 4.79 Å². The van der Waals surface area contributed by atoms with Crippen molar-refractivity contribution in [1.82, 2.24) is 15.2 Å². The maximum Gasteiger partial charge on any atom is 0.224 e. The third kappa shape index (κ3) is 2.44. The third-order valence-corrected chi connectivity index (χ3v) is 4.09. The van der Waals surface area contributed by atoms with Gasteiger partial charge in [-0.25, -0.2) is 0 Å². The van der Waals surface area contributed by atoms with Gasteiger partial charge in [-0.1, -0.05) is 17.8 Å². The molecule has 0 fully saturated rings. The topological polar surface area (TPSA) is 45.2 Å². The number of hydrogen-bond acceptors (Lipinski definition) is 4. The number of thioether (sulfide) groups is 1. The first-order valence-corrected chi connectivity index (χ1v) is 6.26. The molecule has 1 aromatic rings. The Kier molecular flexibility index (Phi) is 3.38. The van der Waals surface area contributed by atoms with Crippen molar-refractivity contribution in [1.29, 1.82) is 0 Å². The molecule has 0 bridgehead atoms. The van der Waals surface area contributed by atoms with E-state index < -0.39 is 0 Å². The molecule has 0 saturated carbocycles. The van der Waals surface area contributed by atoms with E-state index in [0.717, 1.165) is 16.3 Å². The summed E-state index contributed by atoms with van der Waals surface area (Å²) in [5.74, 6) is 0.0421. The summed E-state index contributed by atoms with van der Waals surface area (Å²) in [5.41, 5.74) is 2.14. The average molecular weight is 249 g/mol. The summed E-state index contributed by atoms with van der Waals surface area (Å²) in [5, 5.41) is 4.48. The highest BCUT2D eigenvalue weighted by molar-refractivity contribution is 8.03. The Morgan fingerprint density at radius 3 is 2.94 bits per heavy atom. The lowest BCUT2D eigenvalue weighted by Gasteiger charge is -2.16. The summed E-state index contributed by atoms with van der Waals surface area (Å²) < 4.78 is 0. The maximum absolute atomic E-state index is 11.4. The van der Waals surface area contributed by atoms with Gasteiger partial charge in [0, 0.05) is 37.6 Å². The SMILES string of the molecule is CC(=O)N(C)C1=C(C)NC(c2cccnc2)S1. The number of nitrogens with zero attached hydrogens (tertiary/aromatic N) is 2. The maximum atomic E-state index is 11.4. The van der Waals surface area contributed by atoms with Crippen LogP contribution in [0.15, 0.2) is 35.3 Å². The lowest BCUT2D eigenvalue weighted by atomic mass is 10.3. The van der Waals surface area contributed by atoms with Crippen LogP contribution in [-0.4, -0.2) is 22.8 Å². The fraction of sp³-hybridized carbons (Fsp3) is 0.333. The molecule has 2 heterocycles. The van der Waals surface area contributed by atoms with E-state index >= 15 is 0 Å². The largest absolute Gasteiger partial charge is 0.371 e. The first-order valence-electron chi connectivity index (χ1n) is 5.38. The van der Waals surface area contributed by atoms with Gasteiger partial charge in [0.05, 0.1) is 5.03 Å². The molecule has 1 aliphatic rings. The number of pyridine rings is 1. The van der Waals surface area contributed by atoms with Gasteiger partial charge in [-0.3, -0.25) is 9.78 Å². The number of aromatic nitrogens is 1. The van der Waals surface area contributed by atoms with Crippen LogP contribution in [0.5, 0.6) is 0 Å². The molecule has 1 atom stereocenters. The molecule has 1 amide bonds. The van der Waals surface area contributed by atoms with E-state index in [1.165, 1.54) is 0 Å². The second-order valence-electron chi connectivity index (χ2n) is 3.94. The number of hydrogen-bond donors (Lipinski definition) is 1. The molecule has 4 nitrogen and oxygen atoms in total. The number of rotatable bonds is 2. The summed E-state index contributed by atoms with van der Waals surface area (Å²) in [6.07, 6.45) is 3.60. The van der Waals surface area contributed by atoms with Crippen LogP contribution in [-0.2, 0) is 4.79 Å². The van der Waals surface area contributed by atoms with Gasteiger partial charge in [0.15, 0.2) is 0 Å². The fourth-order valence-corrected chi connectivity index (χ4v) is 2.90. The van der Waals surface area contributed by atoms with Gasteiger partial charge in [0.25, 0.3) is 0 Å². The van der Waals surface area contributed by atoms with Crippen molar-refractivity contribution in [3.05, 3.63) is 40.8 Å². The molecule has 0 radical (unpaired) electrons. The number of carbonyl (C=O) groups is 1. The summed E-state index contributed by atoms with van der Waals surface area (Å²) in [7, 11) is 1.79. The zero-order chi connectivity index (χ0) is 12.4. The number of allylic oxidation sites excluding steroid dienone is 1. The smallest absolute Gasteiger partial charge is 0.224 e. The van der Waals surface area contributed by atoms with Crippen LogP contribution in [0, 0.1) is 0 Å². The van der Waals surface area contributed by atoms with Crippen molar-refractivity contribution in [2.45, 2.75) is 19.2 Å². The second-order valence-corrected chi connectivity index (χ2v) is 5.03. The van der Waals surface area contributed by atoms with Crippen LogP contribution in [0.3, 0.4) is 0 Å². The van der Waals surface area contributed by atoms with Crippen LogP contribution >= 0.6 is 11.8 Å². The van der Waals surface area contributed by atoms with Crippen LogP contribution in [0.25, 0.3) is 0 Å².